The molecule has 0 radical (unpaired) electrons. The van der Waals surface area contributed by atoms with Gasteiger partial charge < -0.3 is 9.88 Å². The van der Waals surface area contributed by atoms with Gasteiger partial charge in [0.15, 0.2) is 5.65 Å². The predicted molar refractivity (Wildman–Crippen MR) is 131 cm³/mol. The third-order valence-electron chi connectivity index (χ3n) is 6.36. The highest BCUT2D eigenvalue weighted by atomic mass is 32.1. The molecule has 33 heavy (non-hydrogen) atoms. The van der Waals surface area contributed by atoms with E-state index in [2.05, 4.69) is 16.0 Å². The predicted octanol–water partition coefficient (Wildman–Crippen LogP) is 5.58. The number of benzene rings is 2. The molecule has 162 valence electrons. The Labute approximate surface area is 194 Å². The molecule has 6 nitrogen and oxygen atoms in total. The summed E-state index contributed by atoms with van der Waals surface area (Å²) in [7, 11) is 0. The fourth-order valence-electron chi connectivity index (χ4n) is 4.78. The molecule has 0 aliphatic heterocycles. The van der Waals surface area contributed by atoms with Crippen LogP contribution in [0.1, 0.15) is 35.3 Å². The van der Waals surface area contributed by atoms with Crippen LogP contribution < -0.4 is 5.32 Å². The number of nitriles is 1. The molecule has 1 aliphatic rings. The van der Waals surface area contributed by atoms with Crippen LogP contribution in [0.4, 0.5) is 5.00 Å². The summed E-state index contributed by atoms with van der Waals surface area (Å²) < 4.78 is 2.08. The molecule has 0 unspecified atom stereocenters. The highest BCUT2D eigenvalue weighted by Crippen LogP contribution is 2.37. The third kappa shape index (κ3) is 3.35. The maximum Gasteiger partial charge on any atom is 0.226 e. The van der Waals surface area contributed by atoms with Gasteiger partial charge in [0.1, 0.15) is 16.6 Å². The molecular formula is C26H21N5OS. The summed E-state index contributed by atoms with van der Waals surface area (Å²) in [5.41, 5.74) is 6.12. The molecule has 5 aromatic rings. The SMILES string of the molecule is N#Cc1c(NC(=O)CCn2c3ccccc3c3nc4ccccc4nc32)sc2c1CCCC2. The molecule has 1 aliphatic carbocycles. The van der Waals surface area contributed by atoms with Gasteiger partial charge in [0.05, 0.1) is 22.1 Å². The highest BCUT2D eigenvalue weighted by Gasteiger charge is 2.22. The van der Waals surface area contributed by atoms with E-state index in [-0.39, 0.29) is 12.3 Å². The van der Waals surface area contributed by atoms with Crippen molar-refractivity contribution in [2.24, 2.45) is 0 Å². The van der Waals surface area contributed by atoms with Crippen molar-refractivity contribution in [1.82, 2.24) is 14.5 Å². The number of rotatable bonds is 4. The Balaban J connectivity index is 1.32. The van der Waals surface area contributed by atoms with E-state index in [1.165, 1.54) is 4.88 Å². The Morgan fingerprint density at radius 2 is 1.82 bits per heavy atom. The van der Waals surface area contributed by atoms with Crippen molar-refractivity contribution in [2.75, 3.05) is 5.32 Å². The lowest BCUT2D eigenvalue weighted by molar-refractivity contribution is -0.116. The van der Waals surface area contributed by atoms with Crippen LogP contribution in [0.15, 0.2) is 48.5 Å². The van der Waals surface area contributed by atoms with Gasteiger partial charge in [-0.3, -0.25) is 4.79 Å². The standard InChI is InChI=1S/C26H21N5OS/c27-15-18-16-7-2-6-12-22(16)33-26(18)30-23(32)13-14-31-21-11-5-1-8-17(21)24-25(31)29-20-10-4-3-9-19(20)28-24/h1,3-5,8-11H,2,6-7,12-14H2,(H,30,32). The maximum atomic E-state index is 12.9. The van der Waals surface area contributed by atoms with Crippen LogP contribution in [0.3, 0.4) is 0 Å². The van der Waals surface area contributed by atoms with Gasteiger partial charge in [-0.05, 0) is 49.4 Å². The first-order chi connectivity index (χ1) is 16.2. The molecule has 0 saturated heterocycles. The number of aromatic nitrogens is 3. The minimum Gasteiger partial charge on any atom is -0.323 e. The number of thiophene rings is 1. The zero-order valence-corrected chi connectivity index (χ0v) is 18.8. The van der Waals surface area contributed by atoms with Crippen molar-refractivity contribution in [3.8, 4) is 6.07 Å². The van der Waals surface area contributed by atoms with Crippen LogP contribution >= 0.6 is 11.3 Å². The van der Waals surface area contributed by atoms with Crippen molar-refractivity contribution in [3.63, 3.8) is 0 Å². The molecule has 0 atom stereocenters. The monoisotopic (exact) mass is 451 g/mol. The van der Waals surface area contributed by atoms with E-state index < -0.39 is 0 Å². The van der Waals surface area contributed by atoms with E-state index in [9.17, 15) is 10.1 Å². The topological polar surface area (TPSA) is 83.6 Å². The molecule has 0 spiro atoms. The zero-order chi connectivity index (χ0) is 22.4. The number of aryl methyl sites for hydroxylation is 2. The molecule has 3 heterocycles. The minimum atomic E-state index is -0.0928. The largest absolute Gasteiger partial charge is 0.323 e. The number of amides is 1. The Hall–Kier alpha value is -3.76. The van der Waals surface area contributed by atoms with Gasteiger partial charge in [-0.1, -0.05) is 30.3 Å². The lowest BCUT2D eigenvalue weighted by Gasteiger charge is -2.09. The number of fused-ring (bicyclic) bond motifs is 5. The molecule has 3 aromatic heterocycles. The van der Waals surface area contributed by atoms with E-state index in [0.29, 0.717) is 17.1 Å². The zero-order valence-electron chi connectivity index (χ0n) is 18.0. The van der Waals surface area contributed by atoms with Crippen molar-refractivity contribution in [2.45, 2.75) is 38.6 Å². The maximum absolute atomic E-state index is 12.9. The summed E-state index contributed by atoms with van der Waals surface area (Å²) in [6.07, 6.45) is 4.47. The Morgan fingerprint density at radius 1 is 1.06 bits per heavy atom. The number of nitrogens with zero attached hydrogens (tertiary/aromatic N) is 4. The summed E-state index contributed by atoms with van der Waals surface area (Å²) in [5.74, 6) is -0.0928. The minimum absolute atomic E-state index is 0.0928. The molecule has 2 aromatic carbocycles. The van der Waals surface area contributed by atoms with Gasteiger partial charge in [-0.15, -0.1) is 11.3 Å². The first-order valence-corrected chi connectivity index (χ1v) is 12.0. The van der Waals surface area contributed by atoms with E-state index in [1.807, 2.05) is 48.5 Å². The van der Waals surface area contributed by atoms with Crippen LogP contribution in [0, 0.1) is 11.3 Å². The van der Waals surface area contributed by atoms with Crippen molar-refractivity contribution in [1.29, 1.82) is 5.26 Å². The molecule has 1 N–H and O–H groups in total. The number of anilines is 1. The highest BCUT2D eigenvalue weighted by molar-refractivity contribution is 7.16. The van der Waals surface area contributed by atoms with Crippen LogP contribution in [-0.2, 0) is 24.2 Å². The number of para-hydroxylation sites is 3. The van der Waals surface area contributed by atoms with Gasteiger partial charge in [0.25, 0.3) is 0 Å². The van der Waals surface area contributed by atoms with E-state index >= 15 is 0 Å². The van der Waals surface area contributed by atoms with Crippen LogP contribution in [0.2, 0.25) is 0 Å². The van der Waals surface area contributed by atoms with Crippen LogP contribution in [-0.4, -0.2) is 20.4 Å². The second-order valence-electron chi connectivity index (χ2n) is 8.38. The molecule has 0 saturated carbocycles. The summed E-state index contributed by atoms with van der Waals surface area (Å²) in [4.78, 5) is 23.9. The van der Waals surface area contributed by atoms with Gasteiger partial charge in [0, 0.05) is 23.2 Å². The second kappa shape index (κ2) is 7.98. The molecule has 7 heteroatoms. The van der Waals surface area contributed by atoms with E-state index in [4.69, 9.17) is 9.97 Å². The van der Waals surface area contributed by atoms with Gasteiger partial charge in [-0.25, -0.2) is 9.97 Å². The second-order valence-corrected chi connectivity index (χ2v) is 9.48. The molecule has 0 fully saturated rings. The fraction of sp³-hybridized carbons (Fsp3) is 0.231. The molecule has 1 amide bonds. The number of carbonyl (C=O) groups is 1. The first-order valence-electron chi connectivity index (χ1n) is 11.2. The molecular weight excluding hydrogens is 430 g/mol. The molecule has 0 bridgehead atoms. The molecule has 6 rings (SSSR count). The van der Waals surface area contributed by atoms with Crippen LogP contribution in [0.5, 0.6) is 0 Å². The quantitative estimate of drug-likeness (QED) is 0.387. The number of carbonyl (C=O) groups excluding carboxylic acids is 1. The van der Waals surface area contributed by atoms with Crippen molar-refractivity contribution < 1.29 is 4.79 Å². The summed E-state index contributed by atoms with van der Waals surface area (Å²) in [6, 6.07) is 18.2. The number of hydrogen-bond donors (Lipinski definition) is 1. The van der Waals surface area contributed by atoms with Gasteiger partial charge in [0.2, 0.25) is 5.91 Å². The number of nitrogens with one attached hydrogen (secondary N) is 1. The smallest absolute Gasteiger partial charge is 0.226 e. The summed E-state index contributed by atoms with van der Waals surface area (Å²) >= 11 is 1.56. The Kier molecular flexibility index (Phi) is 4.81. The average molecular weight is 452 g/mol. The summed E-state index contributed by atoms with van der Waals surface area (Å²) in [6.45, 7) is 0.482. The fourth-order valence-corrected chi connectivity index (χ4v) is 6.04. The first kappa shape index (κ1) is 19.9. The van der Waals surface area contributed by atoms with Crippen molar-refractivity contribution >= 4 is 55.3 Å². The van der Waals surface area contributed by atoms with Crippen LogP contribution in [0.25, 0.3) is 33.1 Å². The normalized spacial score (nSPS) is 13.3. The van der Waals surface area contributed by atoms with E-state index in [0.717, 1.165) is 64.3 Å². The number of hydrogen-bond acceptors (Lipinski definition) is 5. The van der Waals surface area contributed by atoms with Gasteiger partial charge >= 0.3 is 0 Å². The lowest BCUT2D eigenvalue weighted by Crippen LogP contribution is -2.14. The summed E-state index contributed by atoms with van der Waals surface area (Å²) in [5, 5.41) is 14.4. The Morgan fingerprint density at radius 3 is 2.67 bits per heavy atom. The van der Waals surface area contributed by atoms with E-state index in [1.54, 1.807) is 11.3 Å². The van der Waals surface area contributed by atoms with Crippen molar-refractivity contribution in [3.05, 3.63) is 64.5 Å². The Bertz CT molecular complexity index is 1590. The average Bonchev–Trinajstić information content (AvgIpc) is 3.35. The van der Waals surface area contributed by atoms with Gasteiger partial charge in [-0.2, -0.15) is 5.26 Å². The third-order valence-corrected chi connectivity index (χ3v) is 7.56. The lowest BCUT2D eigenvalue weighted by atomic mass is 9.96.